The molecular formula is C32H30O4. The Kier molecular flexibility index (Phi) is 8.30. The zero-order chi connectivity index (χ0) is 25.3. The molecule has 0 heterocycles. The van der Waals surface area contributed by atoms with Crippen molar-refractivity contribution in [2.75, 3.05) is 13.2 Å². The Labute approximate surface area is 212 Å². The van der Waals surface area contributed by atoms with Gasteiger partial charge in [0.2, 0.25) is 0 Å². The molecule has 0 amide bonds. The van der Waals surface area contributed by atoms with Crippen molar-refractivity contribution < 1.29 is 19.1 Å². The Balaban J connectivity index is 1.50. The van der Waals surface area contributed by atoms with Gasteiger partial charge in [0.05, 0.1) is 24.3 Å². The molecule has 0 radical (unpaired) electrons. The van der Waals surface area contributed by atoms with Crippen LogP contribution in [0.15, 0.2) is 97.1 Å². The summed E-state index contributed by atoms with van der Waals surface area (Å²) in [6, 6.07) is 31.0. The molecule has 4 aromatic carbocycles. The molecule has 0 N–H and O–H groups in total. The topological polar surface area (TPSA) is 52.6 Å². The molecule has 4 heteroatoms. The van der Waals surface area contributed by atoms with E-state index in [1.54, 1.807) is 12.1 Å². The summed E-state index contributed by atoms with van der Waals surface area (Å²) in [6.45, 7) is 4.46. The van der Waals surface area contributed by atoms with E-state index in [1.165, 1.54) is 0 Å². The van der Waals surface area contributed by atoms with E-state index < -0.39 is 0 Å². The summed E-state index contributed by atoms with van der Waals surface area (Å²) in [7, 11) is 0. The van der Waals surface area contributed by atoms with Gasteiger partial charge in [0.15, 0.2) is 0 Å². The molecule has 0 bridgehead atoms. The molecule has 0 atom stereocenters. The van der Waals surface area contributed by atoms with E-state index in [9.17, 15) is 9.59 Å². The molecule has 36 heavy (non-hydrogen) atoms. The molecule has 0 fully saturated rings. The van der Waals surface area contributed by atoms with E-state index in [0.717, 1.165) is 33.4 Å². The number of aryl methyl sites for hydroxylation is 1. The summed E-state index contributed by atoms with van der Waals surface area (Å²) in [5.41, 5.74) is 6.54. The highest BCUT2D eigenvalue weighted by atomic mass is 16.5. The second-order valence-corrected chi connectivity index (χ2v) is 8.77. The van der Waals surface area contributed by atoms with Crippen LogP contribution < -0.4 is 0 Å². The fourth-order valence-corrected chi connectivity index (χ4v) is 4.18. The van der Waals surface area contributed by atoms with Crippen molar-refractivity contribution in [2.45, 2.75) is 26.7 Å². The van der Waals surface area contributed by atoms with Gasteiger partial charge in [-0.1, -0.05) is 90.5 Å². The van der Waals surface area contributed by atoms with Gasteiger partial charge in [-0.3, -0.25) is 0 Å². The first kappa shape index (κ1) is 24.9. The van der Waals surface area contributed by atoms with Crippen molar-refractivity contribution in [1.29, 1.82) is 0 Å². The van der Waals surface area contributed by atoms with Crippen LogP contribution in [0.3, 0.4) is 0 Å². The smallest absolute Gasteiger partial charge is 0.338 e. The Morgan fingerprint density at radius 3 is 1.72 bits per heavy atom. The molecule has 4 rings (SSSR count). The Hall–Kier alpha value is -4.18. The first-order chi connectivity index (χ1) is 17.5. The van der Waals surface area contributed by atoms with Crippen molar-refractivity contribution in [2.24, 2.45) is 0 Å². The summed E-state index contributed by atoms with van der Waals surface area (Å²) in [5.74, 6) is -0.749. The molecule has 0 spiro atoms. The highest BCUT2D eigenvalue weighted by Gasteiger charge is 2.19. The number of hydrogen-bond donors (Lipinski definition) is 0. The van der Waals surface area contributed by atoms with Crippen LogP contribution in [0.2, 0.25) is 0 Å². The van der Waals surface area contributed by atoms with E-state index in [0.29, 0.717) is 37.2 Å². The lowest BCUT2D eigenvalue weighted by Crippen LogP contribution is -2.12. The minimum atomic E-state index is -0.379. The fourth-order valence-electron chi connectivity index (χ4n) is 4.18. The Morgan fingerprint density at radius 1 is 0.583 bits per heavy atom. The van der Waals surface area contributed by atoms with Crippen molar-refractivity contribution in [3.8, 4) is 11.1 Å². The molecule has 4 nitrogen and oxygen atoms in total. The molecule has 0 unspecified atom stereocenters. The zero-order valence-electron chi connectivity index (χ0n) is 20.7. The monoisotopic (exact) mass is 478 g/mol. The SMILES string of the molecule is Cc1ccc(C(=O)OCCc2ccccc2)c(-c2cccc(C(=O)OCCc3ccccc3)c2C)c1. The van der Waals surface area contributed by atoms with Crippen molar-refractivity contribution in [1.82, 2.24) is 0 Å². The van der Waals surface area contributed by atoms with Gasteiger partial charge < -0.3 is 9.47 Å². The van der Waals surface area contributed by atoms with E-state index in [1.807, 2.05) is 98.8 Å². The van der Waals surface area contributed by atoms with Crippen LogP contribution in [-0.4, -0.2) is 25.2 Å². The van der Waals surface area contributed by atoms with Crippen LogP contribution in [0.4, 0.5) is 0 Å². The summed E-state index contributed by atoms with van der Waals surface area (Å²) in [5, 5.41) is 0. The summed E-state index contributed by atoms with van der Waals surface area (Å²) < 4.78 is 11.2. The third-order valence-electron chi connectivity index (χ3n) is 6.17. The van der Waals surface area contributed by atoms with E-state index in [4.69, 9.17) is 9.47 Å². The van der Waals surface area contributed by atoms with E-state index in [2.05, 4.69) is 0 Å². The third-order valence-corrected chi connectivity index (χ3v) is 6.17. The highest BCUT2D eigenvalue weighted by molar-refractivity contribution is 6.00. The van der Waals surface area contributed by atoms with Crippen LogP contribution in [0.1, 0.15) is 43.0 Å². The maximum absolute atomic E-state index is 13.0. The Morgan fingerprint density at radius 2 is 1.14 bits per heavy atom. The number of ether oxygens (including phenoxy) is 2. The zero-order valence-corrected chi connectivity index (χ0v) is 20.7. The second kappa shape index (κ2) is 12.0. The maximum Gasteiger partial charge on any atom is 0.338 e. The molecule has 0 saturated heterocycles. The van der Waals surface area contributed by atoms with Crippen LogP contribution in [-0.2, 0) is 22.3 Å². The number of esters is 2. The van der Waals surface area contributed by atoms with Crippen molar-refractivity contribution >= 4 is 11.9 Å². The lowest BCUT2D eigenvalue weighted by Gasteiger charge is -2.15. The first-order valence-corrected chi connectivity index (χ1v) is 12.2. The van der Waals surface area contributed by atoms with Crippen molar-refractivity contribution in [3.05, 3.63) is 130 Å². The normalized spacial score (nSPS) is 10.6. The largest absolute Gasteiger partial charge is 0.462 e. The lowest BCUT2D eigenvalue weighted by atomic mass is 9.92. The predicted molar refractivity (Wildman–Crippen MR) is 142 cm³/mol. The fraction of sp³-hybridized carbons (Fsp3) is 0.188. The third kappa shape index (κ3) is 6.28. The van der Waals surface area contributed by atoms with Gasteiger partial charge in [0.1, 0.15) is 0 Å². The quantitative estimate of drug-likeness (QED) is 0.249. The number of carbonyl (C=O) groups is 2. The van der Waals surface area contributed by atoms with Crippen LogP contribution in [0.25, 0.3) is 11.1 Å². The standard InChI is InChI=1S/C32H30O4/c1-23-16-17-29(32(34)36-21-19-26-12-7-4-8-13-26)30(22-23)27-14-9-15-28(24(27)2)31(33)35-20-18-25-10-5-3-6-11-25/h3-17,22H,18-21H2,1-2H3. The number of rotatable bonds is 9. The summed E-state index contributed by atoms with van der Waals surface area (Å²) >= 11 is 0. The van der Waals surface area contributed by atoms with Crippen LogP contribution in [0, 0.1) is 13.8 Å². The first-order valence-electron chi connectivity index (χ1n) is 12.2. The maximum atomic E-state index is 13.0. The second-order valence-electron chi connectivity index (χ2n) is 8.77. The van der Waals surface area contributed by atoms with Gasteiger partial charge in [-0.05, 0) is 53.8 Å². The molecule has 4 aromatic rings. The number of carbonyl (C=O) groups excluding carboxylic acids is 2. The molecule has 182 valence electrons. The van der Waals surface area contributed by atoms with Gasteiger partial charge in [-0.15, -0.1) is 0 Å². The lowest BCUT2D eigenvalue weighted by molar-refractivity contribution is 0.0500. The number of benzene rings is 4. The molecule has 0 aliphatic carbocycles. The van der Waals surface area contributed by atoms with Crippen LogP contribution >= 0.6 is 0 Å². The van der Waals surface area contributed by atoms with Gasteiger partial charge >= 0.3 is 11.9 Å². The molecule has 0 aromatic heterocycles. The van der Waals surface area contributed by atoms with E-state index in [-0.39, 0.29) is 11.9 Å². The predicted octanol–water partition coefficient (Wildman–Crippen LogP) is 6.77. The minimum absolute atomic E-state index is 0.295. The van der Waals surface area contributed by atoms with E-state index >= 15 is 0 Å². The molecule has 0 aliphatic rings. The van der Waals surface area contributed by atoms with Crippen molar-refractivity contribution in [3.63, 3.8) is 0 Å². The van der Waals surface area contributed by atoms with Gasteiger partial charge in [0, 0.05) is 12.8 Å². The molecular weight excluding hydrogens is 448 g/mol. The Bertz CT molecular complexity index is 1330. The van der Waals surface area contributed by atoms with Gasteiger partial charge in [-0.2, -0.15) is 0 Å². The highest BCUT2D eigenvalue weighted by Crippen LogP contribution is 2.31. The molecule has 0 aliphatic heterocycles. The summed E-state index contributed by atoms with van der Waals surface area (Å²) in [6.07, 6.45) is 1.30. The van der Waals surface area contributed by atoms with Gasteiger partial charge in [-0.25, -0.2) is 9.59 Å². The summed E-state index contributed by atoms with van der Waals surface area (Å²) in [4.78, 5) is 25.9. The average Bonchev–Trinajstić information content (AvgIpc) is 2.90. The van der Waals surface area contributed by atoms with Gasteiger partial charge in [0.25, 0.3) is 0 Å². The average molecular weight is 479 g/mol. The molecule has 0 saturated carbocycles. The number of hydrogen-bond acceptors (Lipinski definition) is 4. The van der Waals surface area contributed by atoms with Crippen LogP contribution in [0.5, 0.6) is 0 Å². The minimum Gasteiger partial charge on any atom is -0.462 e.